The molecule has 2 unspecified atom stereocenters. The monoisotopic (exact) mass is 280 g/mol. The van der Waals surface area contributed by atoms with Crippen LogP contribution in [0.3, 0.4) is 0 Å². The Kier molecular flexibility index (Phi) is 3.86. The summed E-state index contributed by atoms with van der Waals surface area (Å²) >= 11 is 0. The number of benzene rings is 1. The van der Waals surface area contributed by atoms with Crippen LogP contribution in [0.25, 0.3) is 0 Å². The molecule has 2 aromatic rings. The molecule has 0 N–H and O–H groups in total. The molecule has 1 heterocycles. The van der Waals surface area contributed by atoms with E-state index in [0.29, 0.717) is 12.8 Å². The number of nitrogens with zero attached hydrogens (tertiary/aromatic N) is 2. The van der Waals surface area contributed by atoms with E-state index in [2.05, 4.69) is 22.1 Å². The highest BCUT2D eigenvalue weighted by molar-refractivity contribution is 6.09. The maximum atomic E-state index is 12.4. The molecular formula is C17H16N2O2. The molecule has 106 valence electrons. The van der Waals surface area contributed by atoms with Gasteiger partial charge in [-0.3, -0.25) is 9.59 Å². The maximum Gasteiger partial charge on any atom is 0.210 e. The van der Waals surface area contributed by atoms with Crippen LogP contribution in [0.15, 0.2) is 48.8 Å². The molecule has 1 saturated carbocycles. The molecule has 4 heteroatoms. The van der Waals surface area contributed by atoms with Crippen LogP contribution >= 0.6 is 0 Å². The molecule has 21 heavy (non-hydrogen) atoms. The van der Waals surface area contributed by atoms with Crippen LogP contribution in [-0.4, -0.2) is 21.5 Å². The molecule has 0 aliphatic heterocycles. The average Bonchev–Trinajstić information content (AvgIpc) is 2.56. The Morgan fingerprint density at radius 1 is 1.05 bits per heavy atom. The van der Waals surface area contributed by atoms with E-state index in [1.807, 2.05) is 18.2 Å². The fraction of sp³-hybridized carbons (Fsp3) is 0.294. The van der Waals surface area contributed by atoms with E-state index in [4.69, 9.17) is 0 Å². The van der Waals surface area contributed by atoms with Gasteiger partial charge in [-0.25, -0.2) is 9.97 Å². The highest BCUT2D eigenvalue weighted by Crippen LogP contribution is 2.35. The maximum absolute atomic E-state index is 12.4. The zero-order valence-electron chi connectivity index (χ0n) is 11.6. The number of ketones is 2. The SMILES string of the molecule is O=C1CCC(c2ccccc2)CC1C(=O)c1ncccn1. The minimum absolute atomic E-state index is 0.0136. The van der Waals surface area contributed by atoms with Gasteiger partial charge in [-0.1, -0.05) is 30.3 Å². The Labute approximate surface area is 123 Å². The third kappa shape index (κ3) is 2.89. The third-order valence-corrected chi connectivity index (χ3v) is 4.02. The standard InChI is InChI=1S/C17H16N2O2/c20-15-8-7-13(12-5-2-1-3-6-12)11-14(15)16(21)17-18-9-4-10-19-17/h1-6,9-10,13-14H,7-8,11H2. The third-order valence-electron chi connectivity index (χ3n) is 4.02. The second kappa shape index (κ2) is 5.95. The summed E-state index contributed by atoms with van der Waals surface area (Å²) in [6.45, 7) is 0. The summed E-state index contributed by atoms with van der Waals surface area (Å²) in [6, 6.07) is 11.7. The number of carbonyl (C=O) groups excluding carboxylic acids is 2. The topological polar surface area (TPSA) is 59.9 Å². The van der Waals surface area contributed by atoms with E-state index in [9.17, 15) is 9.59 Å². The van der Waals surface area contributed by atoms with Gasteiger partial charge in [-0.05, 0) is 30.4 Å². The fourth-order valence-electron chi connectivity index (χ4n) is 2.89. The molecule has 1 fully saturated rings. The minimum atomic E-state index is -0.605. The van der Waals surface area contributed by atoms with Gasteiger partial charge in [0.05, 0.1) is 5.92 Å². The first-order valence-corrected chi connectivity index (χ1v) is 7.14. The van der Waals surface area contributed by atoms with Crippen LogP contribution in [-0.2, 0) is 4.79 Å². The van der Waals surface area contributed by atoms with Crippen molar-refractivity contribution in [1.29, 1.82) is 0 Å². The van der Waals surface area contributed by atoms with Crippen molar-refractivity contribution in [3.05, 3.63) is 60.2 Å². The van der Waals surface area contributed by atoms with Crippen molar-refractivity contribution in [2.24, 2.45) is 5.92 Å². The molecule has 1 aliphatic carbocycles. The summed E-state index contributed by atoms with van der Waals surface area (Å²) in [5.74, 6) is -0.446. The highest BCUT2D eigenvalue weighted by Gasteiger charge is 2.35. The predicted molar refractivity (Wildman–Crippen MR) is 77.9 cm³/mol. The number of hydrogen-bond donors (Lipinski definition) is 0. The van der Waals surface area contributed by atoms with Gasteiger partial charge >= 0.3 is 0 Å². The van der Waals surface area contributed by atoms with Crippen molar-refractivity contribution in [1.82, 2.24) is 9.97 Å². The van der Waals surface area contributed by atoms with Crippen LogP contribution in [0.5, 0.6) is 0 Å². The number of aromatic nitrogens is 2. The summed E-state index contributed by atoms with van der Waals surface area (Å²) in [5.41, 5.74) is 1.19. The first-order valence-electron chi connectivity index (χ1n) is 7.14. The summed E-state index contributed by atoms with van der Waals surface area (Å²) in [7, 11) is 0. The van der Waals surface area contributed by atoms with Crippen LogP contribution in [0, 0.1) is 5.92 Å². The molecule has 0 spiro atoms. The molecule has 0 bridgehead atoms. The molecule has 1 aromatic carbocycles. The van der Waals surface area contributed by atoms with Gasteiger partial charge in [0.1, 0.15) is 5.78 Å². The van der Waals surface area contributed by atoms with Crippen molar-refractivity contribution in [2.45, 2.75) is 25.2 Å². The Hall–Kier alpha value is -2.36. The largest absolute Gasteiger partial charge is 0.299 e. The Balaban J connectivity index is 1.81. The van der Waals surface area contributed by atoms with Crippen LogP contribution in [0.2, 0.25) is 0 Å². The number of Topliss-reactive ketones (excluding diaryl/α,β-unsaturated/α-hetero) is 2. The summed E-state index contributed by atoms with van der Waals surface area (Å²) in [4.78, 5) is 32.5. The lowest BCUT2D eigenvalue weighted by molar-refractivity contribution is -0.123. The normalized spacial score (nSPS) is 22.0. The molecule has 2 atom stereocenters. The van der Waals surface area contributed by atoms with Crippen LogP contribution in [0.4, 0.5) is 0 Å². The summed E-state index contributed by atoms with van der Waals surface area (Å²) in [6.07, 6.45) is 4.87. The first-order chi connectivity index (χ1) is 10.3. The van der Waals surface area contributed by atoms with Gasteiger partial charge in [-0.2, -0.15) is 0 Å². The smallest absolute Gasteiger partial charge is 0.210 e. The molecule has 0 amide bonds. The van der Waals surface area contributed by atoms with Crippen molar-refractivity contribution in [3.8, 4) is 0 Å². The Bertz CT molecular complexity index is 640. The van der Waals surface area contributed by atoms with Crippen molar-refractivity contribution in [2.75, 3.05) is 0 Å². The van der Waals surface area contributed by atoms with E-state index in [1.54, 1.807) is 6.07 Å². The van der Waals surface area contributed by atoms with Gasteiger partial charge in [0, 0.05) is 18.8 Å². The van der Waals surface area contributed by atoms with E-state index in [1.165, 1.54) is 18.0 Å². The summed E-state index contributed by atoms with van der Waals surface area (Å²) < 4.78 is 0. The molecule has 0 radical (unpaired) electrons. The Morgan fingerprint density at radius 3 is 2.48 bits per heavy atom. The molecular weight excluding hydrogens is 264 g/mol. The van der Waals surface area contributed by atoms with E-state index < -0.39 is 5.92 Å². The van der Waals surface area contributed by atoms with Crippen LogP contribution in [0.1, 0.15) is 41.4 Å². The lowest BCUT2D eigenvalue weighted by Gasteiger charge is -2.27. The quantitative estimate of drug-likeness (QED) is 0.640. The predicted octanol–water partition coefficient (Wildman–Crippen LogP) is 2.81. The number of hydrogen-bond acceptors (Lipinski definition) is 4. The van der Waals surface area contributed by atoms with Gasteiger partial charge in [-0.15, -0.1) is 0 Å². The van der Waals surface area contributed by atoms with Gasteiger partial charge in [0.25, 0.3) is 0 Å². The van der Waals surface area contributed by atoms with Crippen LogP contribution < -0.4 is 0 Å². The lowest BCUT2D eigenvalue weighted by atomic mass is 9.75. The Morgan fingerprint density at radius 2 is 1.76 bits per heavy atom. The van der Waals surface area contributed by atoms with Crippen molar-refractivity contribution >= 4 is 11.6 Å². The van der Waals surface area contributed by atoms with E-state index >= 15 is 0 Å². The second-order valence-corrected chi connectivity index (χ2v) is 5.34. The van der Waals surface area contributed by atoms with Crippen molar-refractivity contribution in [3.63, 3.8) is 0 Å². The number of rotatable bonds is 3. The summed E-state index contributed by atoms with van der Waals surface area (Å²) in [5, 5.41) is 0. The van der Waals surface area contributed by atoms with Gasteiger partial charge in [0.15, 0.2) is 5.82 Å². The molecule has 4 nitrogen and oxygen atoms in total. The fourth-order valence-corrected chi connectivity index (χ4v) is 2.89. The van der Waals surface area contributed by atoms with Crippen molar-refractivity contribution < 1.29 is 9.59 Å². The number of carbonyl (C=O) groups is 2. The zero-order chi connectivity index (χ0) is 14.7. The van der Waals surface area contributed by atoms with Gasteiger partial charge < -0.3 is 0 Å². The lowest BCUT2D eigenvalue weighted by Crippen LogP contribution is -2.31. The average molecular weight is 280 g/mol. The van der Waals surface area contributed by atoms with E-state index in [0.717, 1.165) is 6.42 Å². The minimum Gasteiger partial charge on any atom is -0.299 e. The molecule has 0 saturated heterocycles. The first kappa shape index (κ1) is 13.6. The highest BCUT2D eigenvalue weighted by atomic mass is 16.2. The molecule has 1 aliphatic rings. The van der Waals surface area contributed by atoms with Gasteiger partial charge in [0.2, 0.25) is 5.78 Å². The molecule has 1 aromatic heterocycles. The second-order valence-electron chi connectivity index (χ2n) is 5.34. The molecule has 3 rings (SSSR count). The zero-order valence-corrected chi connectivity index (χ0v) is 11.6. The van der Waals surface area contributed by atoms with E-state index in [-0.39, 0.29) is 23.3 Å².